The Morgan fingerprint density at radius 1 is 0.966 bits per heavy atom. The Morgan fingerprint density at radius 2 is 1.48 bits per heavy atom. The van der Waals surface area contributed by atoms with Crippen molar-refractivity contribution in [1.82, 2.24) is 0 Å². The zero-order chi connectivity index (χ0) is 22.8. The molecule has 0 spiro atoms. The van der Waals surface area contributed by atoms with Gasteiger partial charge in [-0.1, -0.05) is 89.1 Å². The van der Waals surface area contributed by atoms with Gasteiger partial charge in [0.25, 0.3) is 0 Å². The molecule has 0 saturated heterocycles. The minimum Gasteiger partial charge on any atom is -0.426 e. The van der Waals surface area contributed by atoms with E-state index >= 15 is 0 Å². The molecular formula is C24H42O3S2. The molecule has 0 heterocycles. The van der Waals surface area contributed by atoms with E-state index in [0.29, 0.717) is 17.6 Å². The van der Waals surface area contributed by atoms with Crippen molar-refractivity contribution in [1.29, 1.82) is 0 Å². The molecule has 3 atom stereocenters. The van der Waals surface area contributed by atoms with E-state index in [1.807, 2.05) is 87.4 Å². The van der Waals surface area contributed by atoms with Crippen molar-refractivity contribution in [2.45, 2.75) is 98.4 Å². The van der Waals surface area contributed by atoms with Gasteiger partial charge in [-0.3, -0.25) is 4.79 Å². The largest absolute Gasteiger partial charge is 0.426 e. The highest BCUT2D eigenvalue weighted by Gasteiger charge is 2.28. The van der Waals surface area contributed by atoms with Crippen molar-refractivity contribution in [2.24, 2.45) is 11.8 Å². The zero-order valence-electron chi connectivity index (χ0n) is 20.3. The molecule has 0 aliphatic rings. The first kappa shape index (κ1) is 28.4. The molecule has 0 saturated carbocycles. The summed E-state index contributed by atoms with van der Waals surface area (Å²) in [4.78, 5) is 12.5. The van der Waals surface area contributed by atoms with Gasteiger partial charge in [0.15, 0.2) is 0 Å². The lowest BCUT2D eigenvalue weighted by atomic mass is 9.93. The third-order valence-electron chi connectivity index (χ3n) is 4.16. The van der Waals surface area contributed by atoms with Crippen LogP contribution >= 0.6 is 21.6 Å². The van der Waals surface area contributed by atoms with Crippen molar-refractivity contribution in [2.75, 3.05) is 0 Å². The Morgan fingerprint density at radius 3 is 1.93 bits per heavy atom. The molecule has 0 aliphatic heterocycles. The minimum absolute atomic E-state index is 0.156. The van der Waals surface area contributed by atoms with Crippen LogP contribution in [0, 0.1) is 11.8 Å². The second-order valence-electron chi connectivity index (χ2n) is 9.11. The molecule has 0 amide bonds. The summed E-state index contributed by atoms with van der Waals surface area (Å²) >= 11 is 0. The highest BCUT2D eigenvalue weighted by Crippen LogP contribution is 2.41. The Kier molecular flexibility index (Phi) is 12.6. The van der Waals surface area contributed by atoms with Crippen LogP contribution in [0.1, 0.15) is 81.7 Å². The maximum absolute atomic E-state index is 12.5. The number of hydrogen-bond donors (Lipinski definition) is 0. The van der Waals surface area contributed by atoms with Gasteiger partial charge in [0, 0.05) is 10.00 Å². The number of carbonyl (C=O) groups is 1. The Balaban J connectivity index is 0.00000379. The number of carbonyl (C=O) groups excluding carboxylic acids is 1. The first-order valence-electron chi connectivity index (χ1n) is 10.6. The lowest BCUT2D eigenvalue weighted by molar-refractivity contribution is -0.139. The first-order valence-corrected chi connectivity index (χ1v) is 12.8. The van der Waals surface area contributed by atoms with Gasteiger partial charge >= 0.3 is 5.97 Å². The Hall–Kier alpha value is -0.650. The summed E-state index contributed by atoms with van der Waals surface area (Å²) in [5.41, 5.74) is 0.895. The van der Waals surface area contributed by atoms with Crippen LogP contribution in [0.4, 0.5) is 0 Å². The van der Waals surface area contributed by atoms with Crippen LogP contribution in [0.3, 0.4) is 0 Å². The molecule has 0 aromatic heterocycles. The van der Waals surface area contributed by atoms with E-state index in [1.54, 1.807) is 0 Å². The third kappa shape index (κ3) is 12.6. The summed E-state index contributed by atoms with van der Waals surface area (Å²) in [6.45, 7) is 23.5. The second kappa shape index (κ2) is 12.9. The molecule has 29 heavy (non-hydrogen) atoms. The van der Waals surface area contributed by atoms with Crippen molar-refractivity contribution >= 4 is 27.6 Å². The SMILES string of the molecule is CC.CC(SSC(C)(C)C)C(C)C(C)C(=O)Oc1ccc(COC(C)(C)C)cc1. The number of hydrogen-bond acceptors (Lipinski definition) is 5. The Labute approximate surface area is 187 Å². The highest BCUT2D eigenvalue weighted by molar-refractivity contribution is 8.77. The van der Waals surface area contributed by atoms with Crippen LogP contribution in [0.15, 0.2) is 24.3 Å². The smallest absolute Gasteiger partial charge is 0.314 e. The summed E-state index contributed by atoms with van der Waals surface area (Å²) in [6.07, 6.45) is 0. The normalized spacial score (nSPS) is 15.0. The van der Waals surface area contributed by atoms with Crippen LogP contribution in [-0.4, -0.2) is 21.6 Å². The van der Waals surface area contributed by atoms with Crippen molar-refractivity contribution < 1.29 is 14.3 Å². The van der Waals surface area contributed by atoms with Crippen LogP contribution in [0.5, 0.6) is 5.75 Å². The zero-order valence-corrected chi connectivity index (χ0v) is 21.9. The lowest BCUT2D eigenvalue weighted by Crippen LogP contribution is -2.28. The fourth-order valence-corrected chi connectivity index (χ4v) is 4.79. The topological polar surface area (TPSA) is 35.5 Å². The summed E-state index contributed by atoms with van der Waals surface area (Å²) < 4.78 is 11.6. The molecule has 0 N–H and O–H groups in total. The molecule has 0 fully saturated rings. The molecular weight excluding hydrogens is 400 g/mol. The first-order chi connectivity index (χ1) is 13.3. The average molecular weight is 443 g/mol. The average Bonchev–Trinajstić information content (AvgIpc) is 2.64. The highest BCUT2D eigenvalue weighted by atomic mass is 33.1. The number of esters is 1. The summed E-state index contributed by atoms with van der Waals surface area (Å²) in [7, 11) is 3.71. The molecule has 0 bridgehead atoms. The van der Waals surface area contributed by atoms with E-state index in [0.717, 1.165) is 5.56 Å². The van der Waals surface area contributed by atoms with Gasteiger partial charge < -0.3 is 9.47 Å². The van der Waals surface area contributed by atoms with E-state index in [2.05, 4.69) is 34.6 Å². The maximum atomic E-state index is 12.5. The lowest BCUT2D eigenvalue weighted by Gasteiger charge is -2.26. The van der Waals surface area contributed by atoms with E-state index in [9.17, 15) is 4.79 Å². The predicted octanol–water partition coefficient (Wildman–Crippen LogP) is 7.77. The number of rotatable bonds is 8. The summed E-state index contributed by atoms with van der Waals surface area (Å²) in [5, 5.41) is 0.369. The van der Waals surface area contributed by atoms with Gasteiger partial charge in [0.05, 0.1) is 18.1 Å². The van der Waals surface area contributed by atoms with Crippen LogP contribution in [0.25, 0.3) is 0 Å². The molecule has 1 rings (SSSR count). The second-order valence-corrected chi connectivity index (χ2v) is 12.5. The molecule has 5 heteroatoms. The standard InChI is InChI=1S/C22H36O3S2.C2H6/c1-15(17(3)26-27-22(7,8)9)16(2)20(23)25-19-12-10-18(11-13-19)14-24-21(4,5)6;1-2/h10-13,15-17H,14H2,1-9H3;1-2H3. The van der Waals surface area contributed by atoms with Crippen LogP contribution in [-0.2, 0) is 16.1 Å². The van der Waals surface area contributed by atoms with E-state index in [4.69, 9.17) is 9.47 Å². The maximum Gasteiger partial charge on any atom is 0.314 e. The number of benzene rings is 1. The Bertz CT molecular complexity index is 586. The van der Waals surface area contributed by atoms with E-state index in [1.165, 1.54) is 0 Å². The minimum atomic E-state index is -0.172. The fourth-order valence-electron chi connectivity index (χ4n) is 2.09. The third-order valence-corrected chi connectivity index (χ3v) is 8.19. The van der Waals surface area contributed by atoms with Crippen molar-refractivity contribution in [3.63, 3.8) is 0 Å². The van der Waals surface area contributed by atoms with E-state index in [-0.39, 0.29) is 28.2 Å². The van der Waals surface area contributed by atoms with Crippen LogP contribution in [0.2, 0.25) is 0 Å². The molecule has 1 aromatic rings. The molecule has 0 aliphatic carbocycles. The summed E-state index contributed by atoms with van der Waals surface area (Å²) in [5.74, 6) is 0.492. The molecule has 3 unspecified atom stereocenters. The van der Waals surface area contributed by atoms with Crippen LogP contribution < -0.4 is 4.74 Å². The monoisotopic (exact) mass is 442 g/mol. The van der Waals surface area contributed by atoms with Gasteiger partial charge in [0.2, 0.25) is 0 Å². The molecule has 3 nitrogen and oxygen atoms in total. The van der Waals surface area contributed by atoms with Gasteiger partial charge in [-0.25, -0.2) is 0 Å². The molecule has 168 valence electrons. The van der Waals surface area contributed by atoms with Crippen molar-refractivity contribution in [3.8, 4) is 5.75 Å². The van der Waals surface area contributed by atoms with Gasteiger partial charge in [0.1, 0.15) is 5.75 Å². The van der Waals surface area contributed by atoms with Gasteiger partial charge in [-0.2, -0.15) is 0 Å². The van der Waals surface area contributed by atoms with Crippen molar-refractivity contribution in [3.05, 3.63) is 29.8 Å². The van der Waals surface area contributed by atoms with E-state index < -0.39 is 0 Å². The molecule has 1 aromatic carbocycles. The van der Waals surface area contributed by atoms with Gasteiger partial charge in [-0.15, -0.1) is 0 Å². The summed E-state index contributed by atoms with van der Waals surface area (Å²) in [6, 6.07) is 7.57. The molecule has 0 radical (unpaired) electrons. The number of ether oxygens (including phenoxy) is 2. The fraction of sp³-hybridized carbons (Fsp3) is 0.708. The quantitative estimate of drug-likeness (QED) is 0.233. The van der Waals surface area contributed by atoms with Gasteiger partial charge in [-0.05, 0) is 44.4 Å². The predicted molar refractivity (Wildman–Crippen MR) is 131 cm³/mol.